The van der Waals surface area contributed by atoms with Gasteiger partial charge in [-0.25, -0.2) is 0 Å². The van der Waals surface area contributed by atoms with Crippen LogP contribution in [0, 0.1) is 59.2 Å². The number of carbonyl (C=O) groups excluding carboxylic acids is 2. The van der Waals surface area contributed by atoms with Crippen molar-refractivity contribution in [2.75, 3.05) is 0 Å². The Morgan fingerprint density at radius 2 is 1.34 bits per heavy atom. The number of carbonyl (C=O) groups is 2. The van der Waals surface area contributed by atoms with E-state index in [0.29, 0.717) is 12.3 Å². The standard InChI is InChI=1S/C32H44F6O6/c1-14-6-20-16-7-18(12-30(41-13-39,31(33,34)35)32(36,37)38)21(8-16)26(20)43-25(14)19-11-22-17-9-23(27(22)42-15(19)2)24(10-17)28(40)44-29(3,4)5/h13-27H,6-12H2,1-5H3. The monoisotopic (exact) mass is 638 g/mol. The second-order valence-electron chi connectivity index (χ2n) is 15.7. The molecule has 0 aromatic heterocycles. The zero-order chi connectivity index (χ0) is 32.1. The Bertz CT molecular complexity index is 1100. The van der Waals surface area contributed by atoms with E-state index in [-0.39, 0.29) is 72.1 Å². The van der Waals surface area contributed by atoms with Crippen LogP contribution < -0.4 is 0 Å². The van der Waals surface area contributed by atoms with Crippen LogP contribution in [0.2, 0.25) is 0 Å². The number of rotatable bonds is 6. The number of ether oxygens (including phenoxy) is 4. The summed E-state index contributed by atoms with van der Waals surface area (Å²) in [5, 5.41) is 0. The molecule has 44 heavy (non-hydrogen) atoms. The van der Waals surface area contributed by atoms with Gasteiger partial charge in [-0.1, -0.05) is 6.92 Å². The van der Waals surface area contributed by atoms with Crippen LogP contribution >= 0.6 is 0 Å². The lowest BCUT2D eigenvalue weighted by atomic mass is 9.66. The highest BCUT2D eigenvalue weighted by Gasteiger charge is 2.75. The van der Waals surface area contributed by atoms with E-state index in [1.54, 1.807) is 0 Å². The van der Waals surface area contributed by atoms with Crippen LogP contribution in [0.15, 0.2) is 0 Å². The minimum Gasteiger partial charge on any atom is -0.460 e. The van der Waals surface area contributed by atoms with E-state index in [9.17, 15) is 35.9 Å². The summed E-state index contributed by atoms with van der Waals surface area (Å²) in [6.07, 6.45) is -9.71. The van der Waals surface area contributed by atoms with Crippen molar-refractivity contribution >= 4 is 12.4 Å². The summed E-state index contributed by atoms with van der Waals surface area (Å²) < 4.78 is 107. The summed E-state index contributed by atoms with van der Waals surface area (Å²) in [5.41, 5.74) is -5.09. The van der Waals surface area contributed by atoms with Crippen molar-refractivity contribution in [2.45, 2.75) is 128 Å². The van der Waals surface area contributed by atoms with E-state index in [1.807, 2.05) is 27.7 Å². The van der Waals surface area contributed by atoms with Crippen LogP contribution in [0.5, 0.6) is 0 Å². The quantitative estimate of drug-likeness (QED) is 0.179. The molecule has 0 radical (unpaired) electrons. The van der Waals surface area contributed by atoms with Gasteiger partial charge < -0.3 is 18.9 Å². The van der Waals surface area contributed by atoms with E-state index in [4.69, 9.17) is 14.2 Å². The van der Waals surface area contributed by atoms with E-state index in [1.165, 1.54) is 0 Å². The lowest BCUT2D eigenvalue weighted by molar-refractivity contribution is -0.372. The van der Waals surface area contributed by atoms with Gasteiger partial charge in [-0.2, -0.15) is 26.3 Å². The number of alkyl halides is 6. The zero-order valence-corrected chi connectivity index (χ0v) is 25.8. The topological polar surface area (TPSA) is 71.1 Å². The molecule has 0 aromatic rings. The Hall–Kier alpha value is -1.56. The van der Waals surface area contributed by atoms with Gasteiger partial charge in [0, 0.05) is 12.3 Å². The third kappa shape index (κ3) is 5.16. The van der Waals surface area contributed by atoms with E-state index < -0.39 is 54.4 Å². The fourth-order valence-electron chi connectivity index (χ4n) is 10.6. The summed E-state index contributed by atoms with van der Waals surface area (Å²) >= 11 is 0. The van der Waals surface area contributed by atoms with Gasteiger partial charge in [0.25, 0.3) is 6.47 Å². The van der Waals surface area contributed by atoms with Crippen molar-refractivity contribution in [3.05, 3.63) is 0 Å². The maximum atomic E-state index is 13.9. The molecule has 4 bridgehead atoms. The summed E-state index contributed by atoms with van der Waals surface area (Å²) in [5.74, 6) is -0.746. The molecule has 250 valence electrons. The molecular formula is C32H44F6O6. The Labute approximate surface area is 254 Å². The van der Waals surface area contributed by atoms with E-state index >= 15 is 0 Å². The molecule has 14 unspecified atom stereocenters. The van der Waals surface area contributed by atoms with Crippen LogP contribution in [0.1, 0.15) is 79.6 Å². The van der Waals surface area contributed by atoms with Crippen LogP contribution in [0.4, 0.5) is 26.3 Å². The van der Waals surface area contributed by atoms with Gasteiger partial charge in [0.15, 0.2) is 0 Å². The molecule has 14 atom stereocenters. The maximum absolute atomic E-state index is 13.9. The smallest absolute Gasteiger partial charge is 0.437 e. The molecule has 12 heteroatoms. The minimum absolute atomic E-state index is 0.0198. The van der Waals surface area contributed by atoms with Gasteiger partial charge in [-0.15, -0.1) is 0 Å². The molecule has 0 aromatic carbocycles. The predicted octanol–water partition coefficient (Wildman–Crippen LogP) is 6.89. The molecule has 0 spiro atoms. The van der Waals surface area contributed by atoms with Crippen molar-refractivity contribution < 1.29 is 54.9 Å². The van der Waals surface area contributed by atoms with Crippen LogP contribution in [0.25, 0.3) is 0 Å². The molecule has 6 aliphatic rings. The highest BCUT2D eigenvalue weighted by molar-refractivity contribution is 5.74. The molecule has 0 amide bonds. The number of hydrogen-bond donors (Lipinski definition) is 0. The summed E-state index contributed by atoms with van der Waals surface area (Å²) in [4.78, 5) is 23.9. The average molecular weight is 639 g/mol. The summed E-state index contributed by atoms with van der Waals surface area (Å²) in [7, 11) is 0. The van der Waals surface area contributed by atoms with Crippen LogP contribution in [-0.4, -0.2) is 60.4 Å². The molecule has 4 aliphatic carbocycles. The van der Waals surface area contributed by atoms with Crippen molar-refractivity contribution in [3.8, 4) is 0 Å². The lowest BCUT2D eigenvalue weighted by Crippen LogP contribution is -2.60. The van der Waals surface area contributed by atoms with Crippen LogP contribution in [0.3, 0.4) is 0 Å². The van der Waals surface area contributed by atoms with Crippen molar-refractivity contribution in [2.24, 2.45) is 59.2 Å². The largest absolute Gasteiger partial charge is 0.460 e. The summed E-state index contributed by atoms with van der Waals surface area (Å²) in [6, 6.07) is 0. The van der Waals surface area contributed by atoms with E-state index in [2.05, 4.69) is 11.7 Å². The Morgan fingerprint density at radius 1 is 0.750 bits per heavy atom. The van der Waals surface area contributed by atoms with Crippen molar-refractivity contribution in [1.82, 2.24) is 0 Å². The fraction of sp³-hybridized carbons (Fsp3) is 0.938. The molecule has 2 saturated heterocycles. The minimum atomic E-state index is -5.80. The second-order valence-corrected chi connectivity index (χ2v) is 15.7. The molecule has 6 rings (SSSR count). The predicted molar refractivity (Wildman–Crippen MR) is 144 cm³/mol. The van der Waals surface area contributed by atoms with Crippen molar-refractivity contribution in [1.29, 1.82) is 0 Å². The molecular weight excluding hydrogens is 594 g/mol. The molecule has 2 heterocycles. The Balaban J connectivity index is 1.15. The number of halogens is 6. The SMILES string of the molecule is CC1CC2C3CC(CC(OC=O)(C(F)(F)F)C(F)(F)F)C(C3)C2OC1C1CC2C3CC(C(=O)OC(C)(C)C)C(C3)C2OC1C. The first kappa shape index (κ1) is 32.4. The average Bonchev–Trinajstić information content (AvgIpc) is 3.65. The Morgan fingerprint density at radius 3 is 1.95 bits per heavy atom. The molecule has 4 saturated carbocycles. The lowest BCUT2D eigenvalue weighted by Gasteiger charge is -2.52. The van der Waals surface area contributed by atoms with Gasteiger partial charge in [0.2, 0.25) is 0 Å². The van der Waals surface area contributed by atoms with Crippen molar-refractivity contribution in [3.63, 3.8) is 0 Å². The fourth-order valence-corrected chi connectivity index (χ4v) is 10.6. The maximum Gasteiger partial charge on any atom is 0.437 e. The Kier molecular flexibility index (Phi) is 7.90. The van der Waals surface area contributed by atoms with Gasteiger partial charge in [0.1, 0.15) is 5.60 Å². The molecule has 0 N–H and O–H groups in total. The number of esters is 1. The van der Waals surface area contributed by atoms with Crippen LogP contribution in [-0.2, 0) is 28.5 Å². The first-order valence-corrected chi connectivity index (χ1v) is 16.1. The van der Waals surface area contributed by atoms with Gasteiger partial charge in [0.05, 0.1) is 30.3 Å². The first-order chi connectivity index (χ1) is 20.3. The molecule has 2 aliphatic heterocycles. The third-order valence-electron chi connectivity index (χ3n) is 12.2. The van der Waals surface area contributed by atoms with E-state index in [0.717, 1.165) is 25.7 Å². The molecule has 6 fully saturated rings. The van der Waals surface area contributed by atoms with Gasteiger partial charge >= 0.3 is 23.9 Å². The van der Waals surface area contributed by atoms with Gasteiger partial charge in [-0.3, -0.25) is 9.59 Å². The number of fused-ring (bicyclic) bond motifs is 10. The first-order valence-electron chi connectivity index (χ1n) is 16.1. The second kappa shape index (κ2) is 10.7. The zero-order valence-electron chi connectivity index (χ0n) is 25.8. The summed E-state index contributed by atoms with van der Waals surface area (Å²) in [6.45, 7) is 8.98. The highest BCUT2D eigenvalue weighted by atomic mass is 19.4. The normalized spacial score (nSPS) is 45.2. The van der Waals surface area contributed by atoms with Gasteiger partial charge in [-0.05, 0) is 114 Å². The number of hydrogen-bond acceptors (Lipinski definition) is 6. The highest BCUT2D eigenvalue weighted by Crippen LogP contribution is 2.63. The third-order valence-corrected chi connectivity index (χ3v) is 12.2. The molecule has 6 nitrogen and oxygen atoms in total.